The molecule has 0 bridgehead atoms. The minimum absolute atomic E-state index is 0.0162. The summed E-state index contributed by atoms with van der Waals surface area (Å²) in [5.41, 5.74) is 0.944. The molecule has 1 aromatic rings. The van der Waals surface area contributed by atoms with Crippen LogP contribution in [0.2, 0.25) is 0 Å². The van der Waals surface area contributed by atoms with Gasteiger partial charge in [-0.05, 0) is 37.7 Å². The van der Waals surface area contributed by atoms with Crippen molar-refractivity contribution in [1.82, 2.24) is 15.6 Å². The van der Waals surface area contributed by atoms with Crippen LogP contribution in [0.4, 0.5) is 0 Å². The number of ether oxygens (including phenoxy) is 1. The Kier molecular flexibility index (Phi) is 5.67. The molecule has 1 atom stereocenters. The predicted octanol–water partition coefficient (Wildman–Crippen LogP) is 1.94. The number of hydrogen-bond donors (Lipinski definition) is 2. The summed E-state index contributed by atoms with van der Waals surface area (Å²) in [6.07, 6.45) is 9.06. The summed E-state index contributed by atoms with van der Waals surface area (Å²) < 4.78 is 5.90. The second kappa shape index (κ2) is 8.13. The van der Waals surface area contributed by atoms with Gasteiger partial charge in [-0.25, -0.2) is 4.98 Å². The molecule has 6 nitrogen and oxygen atoms in total. The number of rotatable bonds is 5. The molecule has 2 fully saturated rings. The van der Waals surface area contributed by atoms with E-state index in [0.717, 1.165) is 18.4 Å². The van der Waals surface area contributed by atoms with E-state index in [1.807, 2.05) is 12.1 Å². The zero-order chi connectivity index (χ0) is 16.8. The van der Waals surface area contributed by atoms with Crippen LogP contribution in [0.15, 0.2) is 18.3 Å². The largest absolute Gasteiger partial charge is 0.474 e. The van der Waals surface area contributed by atoms with Gasteiger partial charge in [0.25, 0.3) is 0 Å². The van der Waals surface area contributed by atoms with Crippen molar-refractivity contribution in [3.63, 3.8) is 0 Å². The zero-order valence-electron chi connectivity index (χ0n) is 13.9. The van der Waals surface area contributed by atoms with Gasteiger partial charge < -0.3 is 15.4 Å². The highest BCUT2D eigenvalue weighted by Gasteiger charge is 2.24. The fourth-order valence-corrected chi connectivity index (χ4v) is 3.23. The summed E-state index contributed by atoms with van der Waals surface area (Å²) in [6.45, 7) is 0.872. The number of nitrogens with one attached hydrogen (secondary N) is 2. The van der Waals surface area contributed by atoms with Crippen molar-refractivity contribution in [1.29, 1.82) is 0 Å². The molecule has 1 saturated carbocycles. The Balaban J connectivity index is 1.44. The van der Waals surface area contributed by atoms with Crippen LogP contribution in [-0.4, -0.2) is 29.4 Å². The SMILES string of the molecule is O=C1CCC(C(=O)NCc2ccc(OC3CCCCC3)nc2)CN1. The van der Waals surface area contributed by atoms with E-state index < -0.39 is 0 Å². The lowest BCUT2D eigenvalue weighted by Crippen LogP contribution is -2.42. The van der Waals surface area contributed by atoms with E-state index in [9.17, 15) is 9.59 Å². The molecule has 130 valence electrons. The average Bonchev–Trinajstić information content (AvgIpc) is 2.62. The Morgan fingerprint density at radius 2 is 2.08 bits per heavy atom. The number of carbonyl (C=O) groups is 2. The van der Waals surface area contributed by atoms with E-state index in [2.05, 4.69) is 15.6 Å². The highest BCUT2D eigenvalue weighted by atomic mass is 16.5. The number of piperidine rings is 1. The molecule has 1 aromatic heterocycles. The van der Waals surface area contributed by atoms with E-state index in [1.54, 1.807) is 6.20 Å². The minimum Gasteiger partial charge on any atom is -0.474 e. The molecular formula is C18H25N3O3. The average molecular weight is 331 g/mol. The Morgan fingerprint density at radius 1 is 1.25 bits per heavy atom. The first-order chi connectivity index (χ1) is 11.7. The molecule has 24 heavy (non-hydrogen) atoms. The topological polar surface area (TPSA) is 80.3 Å². The molecule has 2 aliphatic rings. The molecule has 1 saturated heterocycles. The van der Waals surface area contributed by atoms with Gasteiger partial charge in [0, 0.05) is 31.8 Å². The van der Waals surface area contributed by atoms with Crippen LogP contribution < -0.4 is 15.4 Å². The van der Waals surface area contributed by atoms with Crippen LogP contribution in [0.1, 0.15) is 50.5 Å². The normalized spacial score (nSPS) is 21.8. The molecule has 0 aromatic carbocycles. The van der Waals surface area contributed by atoms with E-state index in [0.29, 0.717) is 37.9 Å². The monoisotopic (exact) mass is 331 g/mol. The number of carbonyl (C=O) groups excluding carboxylic acids is 2. The Labute approximate surface area is 142 Å². The van der Waals surface area contributed by atoms with Crippen LogP contribution in [0.3, 0.4) is 0 Å². The lowest BCUT2D eigenvalue weighted by molar-refractivity contribution is -0.129. The maximum atomic E-state index is 12.1. The smallest absolute Gasteiger partial charge is 0.225 e. The lowest BCUT2D eigenvalue weighted by atomic mass is 9.98. The van der Waals surface area contributed by atoms with E-state index in [1.165, 1.54) is 19.3 Å². The van der Waals surface area contributed by atoms with Crippen LogP contribution in [0, 0.1) is 5.92 Å². The molecule has 2 N–H and O–H groups in total. The third-order valence-corrected chi connectivity index (χ3v) is 4.74. The van der Waals surface area contributed by atoms with E-state index >= 15 is 0 Å². The summed E-state index contributed by atoms with van der Waals surface area (Å²) in [7, 11) is 0. The molecule has 1 aliphatic heterocycles. The maximum absolute atomic E-state index is 12.1. The summed E-state index contributed by atoms with van der Waals surface area (Å²) in [4.78, 5) is 27.6. The van der Waals surface area contributed by atoms with Crippen LogP contribution >= 0.6 is 0 Å². The third-order valence-electron chi connectivity index (χ3n) is 4.74. The number of hydrogen-bond acceptors (Lipinski definition) is 4. The molecule has 1 unspecified atom stereocenters. The number of pyridine rings is 1. The lowest BCUT2D eigenvalue weighted by Gasteiger charge is -2.22. The van der Waals surface area contributed by atoms with Gasteiger partial charge >= 0.3 is 0 Å². The number of aromatic nitrogens is 1. The van der Waals surface area contributed by atoms with Gasteiger partial charge in [0.05, 0.1) is 5.92 Å². The zero-order valence-corrected chi connectivity index (χ0v) is 13.9. The predicted molar refractivity (Wildman–Crippen MR) is 89.3 cm³/mol. The third kappa shape index (κ3) is 4.69. The molecule has 2 amide bonds. The maximum Gasteiger partial charge on any atom is 0.225 e. The van der Waals surface area contributed by atoms with Gasteiger partial charge in [0.15, 0.2) is 0 Å². The molecule has 0 radical (unpaired) electrons. The van der Waals surface area contributed by atoms with E-state index in [4.69, 9.17) is 4.74 Å². The highest BCUT2D eigenvalue weighted by Crippen LogP contribution is 2.22. The molecule has 6 heteroatoms. The molecule has 3 rings (SSSR count). The van der Waals surface area contributed by atoms with Gasteiger partial charge in [-0.15, -0.1) is 0 Å². The standard InChI is InChI=1S/C18H25N3O3/c22-16-8-7-14(12-19-16)18(23)21-11-13-6-9-17(20-10-13)24-15-4-2-1-3-5-15/h6,9-10,14-15H,1-5,7-8,11-12H2,(H,19,22)(H,21,23). The summed E-state index contributed by atoms with van der Waals surface area (Å²) in [5.74, 6) is 0.533. The first-order valence-corrected chi connectivity index (χ1v) is 8.87. The quantitative estimate of drug-likeness (QED) is 0.864. The van der Waals surface area contributed by atoms with Gasteiger partial charge in [-0.2, -0.15) is 0 Å². The minimum atomic E-state index is -0.135. The first kappa shape index (κ1) is 16.7. The molecule has 2 heterocycles. The van der Waals surface area contributed by atoms with Gasteiger partial charge in [0.2, 0.25) is 17.7 Å². The molecule has 1 aliphatic carbocycles. The van der Waals surface area contributed by atoms with Crippen molar-refractivity contribution in [2.75, 3.05) is 6.54 Å². The fourth-order valence-electron chi connectivity index (χ4n) is 3.23. The Bertz CT molecular complexity index is 557. The van der Waals surface area contributed by atoms with E-state index in [-0.39, 0.29) is 17.7 Å². The van der Waals surface area contributed by atoms with Crippen molar-refractivity contribution < 1.29 is 14.3 Å². The molecule has 0 spiro atoms. The van der Waals surface area contributed by atoms with Crippen LogP contribution in [0.5, 0.6) is 5.88 Å². The second-order valence-electron chi connectivity index (χ2n) is 6.64. The van der Waals surface area contributed by atoms with Gasteiger partial charge in [0.1, 0.15) is 6.10 Å². The summed E-state index contributed by atoms with van der Waals surface area (Å²) in [5, 5.41) is 5.64. The van der Waals surface area contributed by atoms with Gasteiger partial charge in [-0.1, -0.05) is 12.5 Å². The summed E-state index contributed by atoms with van der Waals surface area (Å²) in [6, 6.07) is 3.81. The second-order valence-corrected chi connectivity index (χ2v) is 6.64. The molecular weight excluding hydrogens is 306 g/mol. The van der Waals surface area contributed by atoms with Crippen molar-refractivity contribution in [3.05, 3.63) is 23.9 Å². The van der Waals surface area contributed by atoms with Crippen molar-refractivity contribution in [2.45, 2.75) is 57.6 Å². The van der Waals surface area contributed by atoms with Crippen LogP contribution in [-0.2, 0) is 16.1 Å². The van der Waals surface area contributed by atoms with Crippen molar-refractivity contribution in [2.24, 2.45) is 5.92 Å². The number of amides is 2. The fraction of sp³-hybridized carbons (Fsp3) is 0.611. The van der Waals surface area contributed by atoms with Crippen LogP contribution in [0.25, 0.3) is 0 Å². The summed E-state index contributed by atoms with van der Waals surface area (Å²) >= 11 is 0. The van der Waals surface area contributed by atoms with Gasteiger partial charge in [-0.3, -0.25) is 9.59 Å². The highest BCUT2D eigenvalue weighted by molar-refractivity contribution is 5.83. The number of nitrogens with zero attached hydrogens (tertiary/aromatic N) is 1. The van der Waals surface area contributed by atoms with Crippen molar-refractivity contribution in [3.8, 4) is 5.88 Å². The Morgan fingerprint density at radius 3 is 2.75 bits per heavy atom. The van der Waals surface area contributed by atoms with Crippen molar-refractivity contribution >= 4 is 11.8 Å². The Hall–Kier alpha value is -2.11. The first-order valence-electron chi connectivity index (χ1n) is 8.87.